The summed E-state index contributed by atoms with van der Waals surface area (Å²) in [4.78, 5) is 4.30. The van der Waals surface area contributed by atoms with Gasteiger partial charge < -0.3 is 15.1 Å². The third kappa shape index (κ3) is 2.20. The van der Waals surface area contributed by atoms with Gasteiger partial charge in [-0.15, -0.1) is 0 Å². The van der Waals surface area contributed by atoms with E-state index in [4.69, 9.17) is 4.42 Å². The number of benzene rings is 1. The number of furan rings is 1. The molecule has 2 aliphatic carbocycles. The Morgan fingerprint density at radius 3 is 3.00 bits per heavy atom. The minimum Gasteiger partial charge on any atom is -0.467 e. The Balaban J connectivity index is 1.37. The zero-order chi connectivity index (χ0) is 14.2. The number of guanidine groups is 1. The molecular formula is C17H19N3O. The summed E-state index contributed by atoms with van der Waals surface area (Å²) in [6.45, 7) is 0.658. The highest BCUT2D eigenvalue weighted by molar-refractivity contribution is 5.80. The second kappa shape index (κ2) is 4.95. The van der Waals surface area contributed by atoms with Crippen LogP contribution in [0.4, 0.5) is 0 Å². The van der Waals surface area contributed by atoms with E-state index < -0.39 is 0 Å². The highest BCUT2D eigenvalue weighted by atomic mass is 16.3. The van der Waals surface area contributed by atoms with Gasteiger partial charge in [0.15, 0.2) is 5.96 Å². The molecule has 21 heavy (non-hydrogen) atoms. The molecule has 4 rings (SSSR count). The first-order chi connectivity index (χ1) is 10.4. The Morgan fingerprint density at radius 1 is 1.29 bits per heavy atom. The zero-order valence-corrected chi connectivity index (χ0v) is 12.0. The Kier molecular flexibility index (Phi) is 2.95. The van der Waals surface area contributed by atoms with Crippen molar-refractivity contribution in [3.8, 4) is 0 Å². The normalized spacial score (nSPS) is 26.1. The number of hydrogen-bond donors (Lipinski definition) is 2. The molecule has 0 amide bonds. The third-order valence-corrected chi connectivity index (χ3v) is 4.58. The number of nitrogens with zero attached hydrogens (tertiary/aromatic N) is 1. The summed E-state index contributed by atoms with van der Waals surface area (Å²) >= 11 is 0. The molecule has 2 aliphatic rings. The molecule has 3 atom stereocenters. The largest absolute Gasteiger partial charge is 0.467 e. The predicted molar refractivity (Wildman–Crippen MR) is 82.2 cm³/mol. The molecule has 1 saturated carbocycles. The first-order valence-corrected chi connectivity index (χ1v) is 7.44. The maximum atomic E-state index is 5.32. The van der Waals surface area contributed by atoms with E-state index in [0.717, 1.165) is 17.6 Å². The van der Waals surface area contributed by atoms with Gasteiger partial charge in [-0.1, -0.05) is 24.3 Å². The van der Waals surface area contributed by atoms with E-state index in [9.17, 15) is 0 Å². The summed E-state index contributed by atoms with van der Waals surface area (Å²) in [5, 5.41) is 6.84. The van der Waals surface area contributed by atoms with Crippen LogP contribution in [0, 0.1) is 5.92 Å². The maximum absolute atomic E-state index is 5.32. The molecule has 2 N–H and O–H groups in total. The van der Waals surface area contributed by atoms with Crippen LogP contribution < -0.4 is 10.6 Å². The van der Waals surface area contributed by atoms with Crippen molar-refractivity contribution >= 4 is 5.96 Å². The highest BCUT2D eigenvalue weighted by Crippen LogP contribution is 2.56. The fourth-order valence-electron chi connectivity index (χ4n) is 3.48. The molecule has 0 saturated heterocycles. The smallest absolute Gasteiger partial charge is 0.191 e. The summed E-state index contributed by atoms with van der Waals surface area (Å²) in [7, 11) is 1.81. The van der Waals surface area contributed by atoms with E-state index in [1.165, 1.54) is 17.5 Å². The van der Waals surface area contributed by atoms with Crippen LogP contribution in [0.5, 0.6) is 0 Å². The molecule has 4 nitrogen and oxygen atoms in total. The second-order valence-corrected chi connectivity index (χ2v) is 5.77. The van der Waals surface area contributed by atoms with Crippen molar-refractivity contribution in [2.75, 3.05) is 7.05 Å². The molecule has 0 unspecified atom stereocenters. The summed E-state index contributed by atoms with van der Waals surface area (Å²) in [5.74, 6) is 3.15. The van der Waals surface area contributed by atoms with Gasteiger partial charge in [0.25, 0.3) is 0 Å². The van der Waals surface area contributed by atoms with Crippen molar-refractivity contribution in [3.05, 3.63) is 59.5 Å². The molecule has 0 spiro atoms. The van der Waals surface area contributed by atoms with E-state index in [-0.39, 0.29) is 0 Å². The molecule has 4 heteroatoms. The Hall–Kier alpha value is -2.23. The molecule has 108 valence electrons. The molecule has 0 bridgehead atoms. The number of aliphatic imine (C=N–C) groups is 1. The van der Waals surface area contributed by atoms with Crippen molar-refractivity contribution in [3.63, 3.8) is 0 Å². The lowest BCUT2D eigenvalue weighted by Gasteiger charge is -2.13. The second-order valence-electron chi connectivity index (χ2n) is 5.77. The van der Waals surface area contributed by atoms with Gasteiger partial charge in [0.1, 0.15) is 5.76 Å². The maximum Gasteiger partial charge on any atom is 0.191 e. The lowest BCUT2D eigenvalue weighted by atomic mass is 10.1. The minimum absolute atomic E-state index is 0.516. The molecule has 1 heterocycles. The Labute approximate surface area is 124 Å². The molecule has 1 aromatic heterocycles. The van der Waals surface area contributed by atoms with Crippen LogP contribution in [0.3, 0.4) is 0 Å². The molecule has 0 aliphatic heterocycles. The summed E-state index contributed by atoms with van der Waals surface area (Å²) in [6, 6.07) is 13.2. The minimum atomic E-state index is 0.516. The van der Waals surface area contributed by atoms with E-state index in [0.29, 0.717) is 18.5 Å². The van der Waals surface area contributed by atoms with Crippen molar-refractivity contribution in [2.45, 2.75) is 24.9 Å². The monoisotopic (exact) mass is 281 g/mol. The van der Waals surface area contributed by atoms with Crippen molar-refractivity contribution in [2.24, 2.45) is 10.9 Å². The van der Waals surface area contributed by atoms with E-state index >= 15 is 0 Å². The van der Waals surface area contributed by atoms with Crippen molar-refractivity contribution in [1.82, 2.24) is 10.6 Å². The SMILES string of the molecule is CN=C(NCc1ccco1)N[C@@H]1[C@@H]2Cc3ccccc3[C@H]21. The first kappa shape index (κ1) is 12.5. The average molecular weight is 281 g/mol. The lowest BCUT2D eigenvalue weighted by Crippen LogP contribution is -2.39. The molecular weight excluding hydrogens is 262 g/mol. The lowest BCUT2D eigenvalue weighted by molar-refractivity contribution is 0.501. The van der Waals surface area contributed by atoms with Gasteiger partial charge in [0.05, 0.1) is 12.8 Å². The quantitative estimate of drug-likeness (QED) is 0.670. The van der Waals surface area contributed by atoms with Crippen LogP contribution >= 0.6 is 0 Å². The van der Waals surface area contributed by atoms with Gasteiger partial charge in [-0.3, -0.25) is 4.99 Å². The molecule has 0 radical (unpaired) electrons. The summed E-state index contributed by atoms with van der Waals surface area (Å²) < 4.78 is 5.32. The van der Waals surface area contributed by atoms with E-state index in [1.807, 2.05) is 19.2 Å². The van der Waals surface area contributed by atoms with Gasteiger partial charge in [-0.25, -0.2) is 0 Å². The standard InChI is InChI=1S/C17H19N3O/c1-18-17(19-10-12-6-4-8-21-12)20-16-14-9-11-5-2-3-7-13(11)15(14)16/h2-8,14-16H,9-10H2,1H3,(H2,18,19,20)/t14-,15-,16-/m1/s1. The summed E-state index contributed by atoms with van der Waals surface area (Å²) in [6.07, 6.45) is 2.88. The van der Waals surface area contributed by atoms with E-state index in [1.54, 1.807) is 6.26 Å². The molecule has 1 fully saturated rings. The van der Waals surface area contributed by atoms with Gasteiger partial charge in [-0.05, 0) is 35.6 Å². The van der Waals surface area contributed by atoms with Crippen LogP contribution in [0.25, 0.3) is 0 Å². The van der Waals surface area contributed by atoms with Crippen LogP contribution in [0.1, 0.15) is 22.8 Å². The van der Waals surface area contributed by atoms with Gasteiger partial charge in [0, 0.05) is 19.0 Å². The van der Waals surface area contributed by atoms with Crippen LogP contribution in [-0.4, -0.2) is 19.0 Å². The van der Waals surface area contributed by atoms with Crippen LogP contribution in [0.2, 0.25) is 0 Å². The summed E-state index contributed by atoms with van der Waals surface area (Å²) in [5.41, 5.74) is 3.03. The predicted octanol–water partition coefficient (Wildman–Crippen LogP) is 2.28. The third-order valence-electron chi connectivity index (χ3n) is 4.58. The zero-order valence-electron chi connectivity index (χ0n) is 12.0. The van der Waals surface area contributed by atoms with Gasteiger partial charge >= 0.3 is 0 Å². The highest BCUT2D eigenvalue weighted by Gasteiger charge is 2.55. The number of rotatable bonds is 3. The average Bonchev–Trinajstić information content (AvgIpc) is 2.91. The number of nitrogens with one attached hydrogen (secondary N) is 2. The van der Waals surface area contributed by atoms with Crippen LogP contribution in [0.15, 0.2) is 52.1 Å². The number of hydrogen-bond acceptors (Lipinski definition) is 2. The fourth-order valence-corrected chi connectivity index (χ4v) is 3.48. The Morgan fingerprint density at radius 2 is 2.19 bits per heavy atom. The molecule has 2 aromatic rings. The van der Waals surface area contributed by atoms with Crippen molar-refractivity contribution < 1.29 is 4.42 Å². The van der Waals surface area contributed by atoms with Gasteiger partial charge in [0.2, 0.25) is 0 Å². The topological polar surface area (TPSA) is 49.6 Å². The van der Waals surface area contributed by atoms with E-state index in [2.05, 4.69) is 39.9 Å². The fraction of sp³-hybridized carbons (Fsp3) is 0.353. The van der Waals surface area contributed by atoms with Gasteiger partial charge in [-0.2, -0.15) is 0 Å². The van der Waals surface area contributed by atoms with Crippen LogP contribution in [-0.2, 0) is 13.0 Å². The Bertz CT molecular complexity index is 662. The first-order valence-electron chi connectivity index (χ1n) is 7.44. The number of fused-ring (bicyclic) bond motifs is 3. The van der Waals surface area contributed by atoms with Crippen molar-refractivity contribution in [1.29, 1.82) is 0 Å². The molecule has 1 aromatic carbocycles.